The molecule has 2 aromatic carbocycles. The summed E-state index contributed by atoms with van der Waals surface area (Å²) < 4.78 is 24.1. The number of carbonyl (C=O) groups is 1. The first-order chi connectivity index (χ1) is 18.4. The average molecular weight is 537 g/mol. The summed E-state index contributed by atoms with van der Waals surface area (Å²) in [5, 5.41) is 0. The van der Waals surface area contributed by atoms with Crippen LogP contribution in [0.3, 0.4) is 0 Å². The van der Waals surface area contributed by atoms with E-state index in [1.54, 1.807) is 51.0 Å². The molecular formula is C29H32N2O6S. The molecule has 0 bridgehead atoms. The second-order valence-corrected chi connectivity index (χ2v) is 9.76. The van der Waals surface area contributed by atoms with Gasteiger partial charge in [-0.15, -0.1) is 0 Å². The number of benzene rings is 2. The minimum Gasteiger partial charge on any atom is -0.497 e. The van der Waals surface area contributed by atoms with Crippen LogP contribution in [0.4, 0.5) is 0 Å². The van der Waals surface area contributed by atoms with Crippen LogP contribution in [-0.4, -0.2) is 38.5 Å². The van der Waals surface area contributed by atoms with Crippen molar-refractivity contribution in [1.82, 2.24) is 4.57 Å². The third-order valence-electron chi connectivity index (χ3n) is 6.35. The Kier molecular flexibility index (Phi) is 8.36. The normalized spacial score (nSPS) is 15.1. The molecule has 0 fully saturated rings. The van der Waals surface area contributed by atoms with E-state index in [1.165, 1.54) is 11.3 Å². The standard InChI is InChI=1S/C29H32N2O6S/c1-7-9-21-25(28(33)37-8-2)26(20-16-19(34-4)12-13-22(20)35-5)31-27(32)24(38-29(31)30-21)15-18-11-10-17(3)23(14-18)36-6/h10-16,26H,7-9H2,1-6H3/b24-15-/t26-/m1/s1. The van der Waals surface area contributed by atoms with Crippen LogP contribution in [-0.2, 0) is 9.53 Å². The third kappa shape index (κ3) is 5.11. The summed E-state index contributed by atoms with van der Waals surface area (Å²) in [5.41, 5.74) is 3.11. The third-order valence-corrected chi connectivity index (χ3v) is 7.34. The van der Waals surface area contributed by atoms with Crippen molar-refractivity contribution in [2.24, 2.45) is 4.99 Å². The highest BCUT2D eigenvalue weighted by Crippen LogP contribution is 2.38. The number of methoxy groups -OCH3 is 3. The SMILES string of the molecule is CCCC1=C(C(=O)OCC)[C@@H](c2cc(OC)ccc2OC)n2c(s/c(=C\c3ccc(C)c(OC)c3)c2=O)=N1. The molecule has 2 heterocycles. The zero-order valence-corrected chi connectivity index (χ0v) is 23.3. The molecule has 200 valence electrons. The van der Waals surface area contributed by atoms with Crippen molar-refractivity contribution in [2.45, 2.75) is 39.7 Å². The van der Waals surface area contributed by atoms with E-state index in [9.17, 15) is 9.59 Å². The molecule has 0 N–H and O–H groups in total. The van der Waals surface area contributed by atoms with E-state index in [4.69, 9.17) is 23.9 Å². The van der Waals surface area contributed by atoms with Gasteiger partial charge in [0, 0.05) is 5.56 Å². The lowest BCUT2D eigenvalue weighted by Crippen LogP contribution is -2.40. The number of hydrogen-bond acceptors (Lipinski definition) is 8. The topological polar surface area (TPSA) is 88.4 Å². The van der Waals surface area contributed by atoms with Crippen molar-refractivity contribution >= 4 is 23.4 Å². The van der Waals surface area contributed by atoms with Gasteiger partial charge in [-0.05, 0) is 61.7 Å². The number of carbonyl (C=O) groups excluding carboxylic acids is 1. The first-order valence-corrected chi connectivity index (χ1v) is 13.3. The number of esters is 1. The molecule has 9 heteroatoms. The monoisotopic (exact) mass is 536 g/mol. The predicted octanol–water partition coefficient (Wildman–Crippen LogP) is 3.91. The van der Waals surface area contributed by atoms with E-state index < -0.39 is 12.0 Å². The van der Waals surface area contributed by atoms with E-state index in [1.807, 2.05) is 38.1 Å². The molecule has 3 aromatic rings. The van der Waals surface area contributed by atoms with E-state index in [-0.39, 0.29) is 12.2 Å². The smallest absolute Gasteiger partial charge is 0.338 e. The van der Waals surface area contributed by atoms with Crippen molar-refractivity contribution < 1.29 is 23.7 Å². The van der Waals surface area contributed by atoms with Gasteiger partial charge in [0.1, 0.15) is 23.3 Å². The predicted molar refractivity (Wildman–Crippen MR) is 147 cm³/mol. The Bertz CT molecular complexity index is 1570. The molecule has 1 aliphatic heterocycles. The zero-order valence-electron chi connectivity index (χ0n) is 22.5. The lowest BCUT2D eigenvalue weighted by atomic mass is 9.93. The van der Waals surface area contributed by atoms with Crippen molar-refractivity contribution in [3.63, 3.8) is 0 Å². The maximum absolute atomic E-state index is 14.0. The fraction of sp³-hybridized carbons (Fsp3) is 0.345. The van der Waals surface area contributed by atoms with Crippen molar-refractivity contribution in [3.05, 3.63) is 84.0 Å². The molecule has 38 heavy (non-hydrogen) atoms. The summed E-state index contributed by atoms with van der Waals surface area (Å²) in [4.78, 5) is 32.7. The van der Waals surface area contributed by atoms with Crippen LogP contribution in [0.5, 0.6) is 17.2 Å². The Morgan fingerprint density at radius 1 is 1.05 bits per heavy atom. The molecule has 0 unspecified atom stereocenters. The lowest BCUT2D eigenvalue weighted by Gasteiger charge is -2.27. The molecule has 1 aliphatic rings. The van der Waals surface area contributed by atoms with Crippen molar-refractivity contribution in [1.29, 1.82) is 0 Å². The molecule has 1 aromatic heterocycles. The van der Waals surface area contributed by atoms with Crippen molar-refractivity contribution in [2.75, 3.05) is 27.9 Å². The second-order valence-electron chi connectivity index (χ2n) is 8.75. The summed E-state index contributed by atoms with van der Waals surface area (Å²) in [6, 6.07) is 10.3. The number of fused-ring (bicyclic) bond motifs is 1. The van der Waals surface area contributed by atoms with E-state index in [0.29, 0.717) is 44.1 Å². The van der Waals surface area contributed by atoms with Crippen LogP contribution in [0.25, 0.3) is 6.08 Å². The lowest BCUT2D eigenvalue weighted by molar-refractivity contribution is -0.139. The number of rotatable bonds is 9. The Labute approximate surface area is 225 Å². The number of thiazole rings is 1. The maximum Gasteiger partial charge on any atom is 0.338 e. The Hall–Kier alpha value is -3.85. The van der Waals surface area contributed by atoms with Crippen LogP contribution in [0.1, 0.15) is 49.4 Å². The maximum atomic E-state index is 14.0. The fourth-order valence-corrected chi connectivity index (χ4v) is 5.57. The van der Waals surface area contributed by atoms with Gasteiger partial charge in [-0.1, -0.05) is 36.8 Å². The van der Waals surface area contributed by atoms with Gasteiger partial charge in [-0.25, -0.2) is 9.79 Å². The zero-order chi connectivity index (χ0) is 27.4. The number of allylic oxidation sites excluding steroid dienone is 1. The van der Waals surface area contributed by atoms with Crippen molar-refractivity contribution in [3.8, 4) is 17.2 Å². The van der Waals surface area contributed by atoms with E-state index in [0.717, 1.165) is 23.3 Å². The largest absolute Gasteiger partial charge is 0.497 e. The summed E-state index contributed by atoms with van der Waals surface area (Å²) in [7, 11) is 4.74. The number of ether oxygens (including phenoxy) is 4. The molecule has 1 atom stereocenters. The fourth-order valence-electron chi connectivity index (χ4n) is 4.55. The quantitative estimate of drug-likeness (QED) is 0.386. The van der Waals surface area contributed by atoms with Crippen LogP contribution in [0.2, 0.25) is 0 Å². The summed E-state index contributed by atoms with van der Waals surface area (Å²) >= 11 is 1.28. The minimum absolute atomic E-state index is 0.198. The highest BCUT2D eigenvalue weighted by molar-refractivity contribution is 7.07. The molecule has 0 aliphatic carbocycles. The molecule has 4 rings (SSSR count). The molecule has 0 amide bonds. The minimum atomic E-state index is -0.799. The van der Waals surface area contributed by atoms with Gasteiger partial charge in [0.15, 0.2) is 4.80 Å². The summed E-state index contributed by atoms with van der Waals surface area (Å²) in [6.45, 7) is 5.93. The average Bonchev–Trinajstić information content (AvgIpc) is 3.23. The molecule has 0 saturated carbocycles. The molecule has 0 spiro atoms. The number of aromatic nitrogens is 1. The van der Waals surface area contributed by atoms with Gasteiger partial charge >= 0.3 is 5.97 Å². The Morgan fingerprint density at radius 3 is 2.47 bits per heavy atom. The number of aryl methyl sites for hydroxylation is 1. The van der Waals surface area contributed by atoms with Crippen LogP contribution in [0, 0.1) is 6.92 Å². The molecular weight excluding hydrogens is 504 g/mol. The first-order valence-electron chi connectivity index (χ1n) is 12.4. The van der Waals surface area contributed by atoms with Gasteiger partial charge in [0.05, 0.1) is 43.7 Å². The molecule has 0 radical (unpaired) electrons. The Balaban J connectivity index is 2.04. The number of hydrogen-bond donors (Lipinski definition) is 0. The van der Waals surface area contributed by atoms with Crippen LogP contribution in [0.15, 0.2) is 57.5 Å². The van der Waals surface area contributed by atoms with Gasteiger partial charge in [-0.2, -0.15) is 0 Å². The van der Waals surface area contributed by atoms with Crippen LogP contribution < -0.4 is 29.1 Å². The van der Waals surface area contributed by atoms with Gasteiger partial charge in [0.2, 0.25) is 0 Å². The highest BCUT2D eigenvalue weighted by Gasteiger charge is 2.36. The van der Waals surface area contributed by atoms with E-state index >= 15 is 0 Å². The van der Waals surface area contributed by atoms with Crippen LogP contribution >= 0.6 is 11.3 Å². The Morgan fingerprint density at radius 2 is 1.82 bits per heavy atom. The highest BCUT2D eigenvalue weighted by atomic mass is 32.1. The van der Waals surface area contributed by atoms with Gasteiger partial charge in [-0.3, -0.25) is 9.36 Å². The van der Waals surface area contributed by atoms with Gasteiger partial charge in [0.25, 0.3) is 5.56 Å². The van der Waals surface area contributed by atoms with E-state index in [2.05, 4.69) is 0 Å². The molecule has 8 nitrogen and oxygen atoms in total. The summed E-state index contributed by atoms with van der Waals surface area (Å²) in [6.07, 6.45) is 3.14. The number of nitrogens with zero attached hydrogens (tertiary/aromatic N) is 2. The second kappa shape index (κ2) is 11.7. The van der Waals surface area contributed by atoms with Gasteiger partial charge < -0.3 is 18.9 Å². The summed E-state index contributed by atoms with van der Waals surface area (Å²) in [5.74, 6) is 1.33. The molecule has 0 saturated heterocycles. The first kappa shape index (κ1) is 27.2.